The minimum atomic E-state index is -0.262. The predicted molar refractivity (Wildman–Crippen MR) is 107 cm³/mol. The summed E-state index contributed by atoms with van der Waals surface area (Å²) >= 11 is 3.44. The number of hydrogen-bond donors (Lipinski definition) is 1. The van der Waals surface area contributed by atoms with Crippen LogP contribution in [0.1, 0.15) is 11.1 Å². The van der Waals surface area contributed by atoms with Crippen molar-refractivity contribution >= 4 is 15.9 Å². The molecule has 0 aliphatic carbocycles. The summed E-state index contributed by atoms with van der Waals surface area (Å²) in [5.74, 6) is 2.62. The van der Waals surface area contributed by atoms with E-state index in [-0.39, 0.29) is 11.4 Å². The molecule has 0 unspecified atom stereocenters. The third-order valence-corrected chi connectivity index (χ3v) is 5.03. The van der Waals surface area contributed by atoms with Gasteiger partial charge in [-0.3, -0.25) is 4.79 Å². The second kappa shape index (κ2) is 7.20. The molecule has 144 valence electrons. The van der Waals surface area contributed by atoms with Crippen LogP contribution in [0.15, 0.2) is 39.6 Å². The van der Waals surface area contributed by atoms with Crippen molar-refractivity contribution in [3.8, 4) is 40.3 Å². The first-order chi connectivity index (χ1) is 13.5. The van der Waals surface area contributed by atoms with Crippen LogP contribution in [0.25, 0.3) is 11.4 Å². The van der Waals surface area contributed by atoms with E-state index >= 15 is 0 Å². The molecule has 2 aromatic carbocycles. The molecular weight excluding hydrogens is 428 g/mol. The first-order valence-corrected chi connectivity index (χ1v) is 9.23. The van der Waals surface area contributed by atoms with E-state index in [1.54, 1.807) is 19.2 Å². The Morgan fingerprint density at radius 3 is 2.57 bits per heavy atom. The van der Waals surface area contributed by atoms with Gasteiger partial charge in [-0.2, -0.15) is 4.98 Å². The van der Waals surface area contributed by atoms with Crippen LogP contribution in [0.2, 0.25) is 0 Å². The Morgan fingerprint density at radius 2 is 1.86 bits per heavy atom. The third-order valence-electron chi connectivity index (χ3n) is 4.53. The summed E-state index contributed by atoms with van der Waals surface area (Å²) < 4.78 is 23.1. The van der Waals surface area contributed by atoms with Crippen molar-refractivity contribution in [1.82, 2.24) is 9.97 Å². The van der Waals surface area contributed by atoms with Crippen LogP contribution in [0, 0.1) is 0 Å². The number of fused-ring (bicyclic) bond motifs is 2. The van der Waals surface area contributed by atoms with E-state index in [4.69, 9.17) is 18.9 Å². The maximum atomic E-state index is 12.7. The monoisotopic (exact) mass is 444 g/mol. The van der Waals surface area contributed by atoms with Crippen molar-refractivity contribution in [2.24, 2.45) is 0 Å². The number of hydrogen-bond acceptors (Lipinski definition) is 6. The van der Waals surface area contributed by atoms with Gasteiger partial charge in [0.15, 0.2) is 11.5 Å². The first kappa shape index (κ1) is 18.4. The van der Waals surface area contributed by atoms with Gasteiger partial charge in [0, 0.05) is 16.5 Å². The number of aromatic nitrogens is 2. The highest BCUT2D eigenvalue weighted by molar-refractivity contribution is 9.10. The van der Waals surface area contributed by atoms with E-state index < -0.39 is 0 Å². The minimum Gasteiger partial charge on any atom is -0.493 e. The molecule has 3 aromatic rings. The Labute approximate surface area is 169 Å². The highest BCUT2D eigenvalue weighted by atomic mass is 79.9. The molecule has 0 atom stereocenters. The lowest BCUT2D eigenvalue weighted by Gasteiger charge is -2.20. The highest BCUT2D eigenvalue weighted by Crippen LogP contribution is 2.44. The number of halogens is 1. The van der Waals surface area contributed by atoms with Crippen LogP contribution < -0.4 is 24.5 Å². The van der Waals surface area contributed by atoms with Gasteiger partial charge in [0.05, 0.1) is 32.5 Å². The number of H-pyrrole nitrogens is 1. The number of aromatic amines is 1. The molecule has 0 bridgehead atoms. The Morgan fingerprint density at radius 1 is 1.07 bits per heavy atom. The van der Waals surface area contributed by atoms with Crippen LogP contribution >= 0.6 is 15.9 Å². The standard InChI is InChI=1S/C20H17BrN2O5/c1-25-15-7-5-12(16(26-2)17(15)27-3)18-22-19(24)13-9-10-8-11(21)4-6-14(10)28-20(13)23-18/h4-8H,9H2,1-3H3,(H,22,23,24). The SMILES string of the molecule is COc1ccc(-c2nc3c(c(=O)[nH]2)Cc2cc(Br)ccc2O3)c(OC)c1OC. The van der Waals surface area contributed by atoms with Gasteiger partial charge in [0.25, 0.3) is 5.56 Å². The number of nitrogens with zero attached hydrogens (tertiary/aromatic N) is 1. The lowest BCUT2D eigenvalue weighted by Crippen LogP contribution is -2.20. The van der Waals surface area contributed by atoms with Crippen LogP contribution in [0.5, 0.6) is 28.9 Å². The zero-order chi connectivity index (χ0) is 19.8. The molecule has 1 aliphatic rings. The number of rotatable bonds is 4. The van der Waals surface area contributed by atoms with Gasteiger partial charge >= 0.3 is 0 Å². The Kier molecular flexibility index (Phi) is 4.72. The predicted octanol–water partition coefficient (Wildman–Crippen LogP) is 3.92. The molecule has 0 saturated carbocycles. The van der Waals surface area contributed by atoms with Crippen molar-refractivity contribution in [2.45, 2.75) is 6.42 Å². The number of benzene rings is 2. The summed E-state index contributed by atoms with van der Waals surface area (Å²) in [4.78, 5) is 20.1. The lowest BCUT2D eigenvalue weighted by atomic mass is 10.0. The fourth-order valence-electron chi connectivity index (χ4n) is 3.21. The van der Waals surface area contributed by atoms with Crippen molar-refractivity contribution in [1.29, 1.82) is 0 Å². The second-order valence-corrected chi connectivity index (χ2v) is 7.03. The molecule has 28 heavy (non-hydrogen) atoms. The average molecular weight is 445 g/mol. The van der Waals surface area contributed by atoms with Crippen molar-refractivity contribution < 1.29 is 18.9 Å². The Balaban J connectivity index is 1.85. The van der Waals surface area contributed by atoms with Gasteiger partial charge in [-0.25, -0.2) is 0 Å². The number of nitrogens with one attached hydrogen (secondary N) is 1. The van der Waals surface area contributed by atoms with E-state index in [0.717, 1.165) is 10.0 Å². The molecule has 1 aliphatic heterocycles. The topological polar surface area (TPSA) is 82.7 Å². The largest absolute Gasteiger partial charge is 0.493 e. The van der Waals surface area contributed by atoms with Crippen LogP contribution in [-0.2, 0) is 6.42 Å². The van der Waals surface area contributed by atoms with Crippen LogP contribution in [0.3, 0.4) is 0 Å². The van der Waals surface area contributed by atoms with Crippen molar-refractivity contribution in [2.75, 3.05) is 21.3 Å². The molecule has 0 radical (unpaired) electrons. The number of methoxy groups -OCH3 is 3. The van der Waals surface area contributed by atoms with Gasteiger partial charge < -0.3 is 23.9 Å². The number of ether oxygens (including phenoxy) is 4. The Hall–Kier alpha value is -3.00. The molecule has 1 N–H and O–H groups in total. The van der Waals surface area contributed by atoms with E-state index in [1.807, 2.05) is 18.2 Å². The molecule has 8 heteroatoms. The summed E-state index contributed by atoms with van der Waals surface area (Å²) in [5, 5.41) is 0. The molecule has 7 nitrogen and oxygen atoms in total. The minimum absolute atomic E-state index is 0.262. The van der Waals surface area contributed by atoms with Gasteiger partial charge in [-0.1, -0.05) is 15.9 Å². The van der Waals surface area contributed by atoms with E-state index in [2.05, 4.69) is 25.9 Å². The zero-order valence-electron chi connectivity index (χ0n) is 15.5. The van der Waals surface area contributed by atoms with Gasteiger partial charge in [0.2, 0.25) is 11.6 Å². The molecule has 4 rings (SSSR count). The highest BCUT2D eigenvalue weighted by Gasteiger charge is 2.25. The maximum Gasteiger partial charge on any atom is 0.258 e. The van der Waals surface area contributed by atoms with E-state index in [9.17, 15) is 4.79 Å². The molecule has 0 fully saturated rings. The average Bonchev–Trinajstić information content (AvgIpc) is 2.71. The molecule has 0 saturated heterocycles. The van der Waals surface area contributed by atoms with E-state index in [1.165, 1.54) is 14.2 Å². The molecule has 0 spiro atoms. The second-order valence-electron chi connectivity index (χ2n) is 6.11. The molecular formula is C20H17BrN2O5. The van der Waals surface area contributed by atoms with Crippen LogP contribution in [0.4, 0.5) is 0 Å². The summed E-state index contributed by atoms with van der Waals surface area (Å²) in [5.41, 5.74) is 1.70. The Bertz CT molecular complexity index is 1130. The smallest absolute Gasteiger partial charge is 0.258 e. The first-order valence-electron chi connectivity index (χ1n) is 8.44. The zero-order valence-corrected chi connectivity index (χ0v) is 17.0. The van der Waals surface area contributed by atoms with E-state index in [0.29, 0.717) is 46.4 Å². The maximum absolute atomic E-state index is 12.7. The summed E-state index contributed by atoms with van der Waals surface area (Å²) in [6, 6.07) is 9.14. The normalized spacial score (nSPS) is 11.9. The van der Waals surface area contributed by atoms with Crippen molar-refractivity contribution in [3.63, 3.8) is 0 Å². The molecule has 2 heterocycles. The quantitative estimate of drug-likeness (QED) is 0.513. The third kappa shape index (κ3) is 2.99. The molecule has 1 aromatic heterocycles. The van der Waals surface area contributed by atoms with Gasteiger partial charge in [-0.05, 0) is 30.3 Å². The van der Waals surface area contributed by atoms with Gasteiger partial charge in [0.1, 0.15) is 11.6 Å². The van der Waals surface area contributed by atoms with Crippen molar-refractivity contribution in [3.05, 3.63) is 56.3 Å². The lowest BCUT2D eigenvalue weighted by molar-refractivity contribution is 0.325. The summed E-state index contributed by atoms with van der Waals surface area (Å²) in [7, 11) is 4.58. The van der Waals surface area contributed by atoms with Crippen LogP contribution in [-0.4, -0.2) is 31.3 Å². The fraction of sp³-hybridized carbons (Fsp3) is 0.200. The molecule has 0 amide bonds. The van der Waals surface area contributed by atoms with Gasteiger partial charge in [-0.15, -0.1) is 0 Å². The fourth-order valence-corrected chi connectivity index (χ4v) is 3.62. The summed E-state index contributed by atoms with van der Waals surface area (Å²) in [6.07, 6.45) is 0.440. The summed E-state index contributed by atoms with van der Waals surface area (Å²) in [6.45, 7) is 0.